The van der Waals surface area contributed by atoms with Gasteiger partial charge in [-0.3, -0.25) is 4.79 Å². The fourth-order valence-electron chi connectivity index (χ4n) is 3.73. The molecule has 12 heteroatoms. The number of ether oxygens (including phenoxy) is 6. The van der Waals surface area contributed by atoms with Crippen LogP contribution in [0.4, 0.5) is 4.79 Å². The van der Waals surface area contributed by atoms with Gasteiger partial charge >= 0.3 is 17.7 Å². The van der Waals surface area contributed by atoms with Gasteiger partial charge in [0.1, 0.15) is 28.1 Å². The Kier molecular flexibility index (Phi) is 15.3. The Morgan fingerprint density at radius 3 is 2.02 bits per heavy atom. The molecule has 44 heavy (non-hydrogen) atoms. The zero-order valence-electron chi connectivity index (χ0n) is 26.8. The second kappa shape index (κ2) is 18.4. The minimum atomic E-state index is -0.721. The van der Waals surface area contributed by atoms with Gasteiger partial charge in [0.2, 0.25) is 0 Å². The van der Waals surface area contributed by atoms with E-state index in [2.05, 4.69) is 5.32 Å². The highest BCUT2D eigenvalue weighted by atomic mass is 16.6. The van der Waals surface area contributed by atoms with Crippen LogP contribution >= 0.6 is 0 Å². The summed E-state index contributed by atoms with van der Waals surface area (Å²) in [4.78, 5) is 48.5. The Morgan fingerprint density at radius 2 is 1.39 bits per heavy atom. The highest BCUT2D eigenvalue weighted by molar-refractivity contribution is 5.98. The molecule has 1 aromatic carbocycles. The largest absolute Gasteiger partial charge is 0.482 e. The number of esters is 1. The van der Waals surface area contributed by atoms with E-state index in [1.165, 1.54) is 12.1 Å². The van der Waals surface area contributed by atoms with Crippen molar-refractivity contribution in [3.63, 3.8) is 0 Å². The maximum Gasteiger partial charge on any atom is 0.407 e. The molecule has 0 atom stereocenters. The van der Waals surface area contributed by atoms with Crippen molar-refractivity contribution in [2.75, 3.05) is 52.8 Å². The van der Waals surface area contributed by atoms with Crippen molar-refractivity contribution in [1.82, 2.24) is 5.32 Å². The summed E-state index contributed by atoms with van der Waals surface area (Å²) in [6.07, 6.45) is 1.64. The molecule has 0 aliphatic carbocycles. The number of Topliss-reactive ketones (excluding diaryl/α,β-unsaturated/α-hetero) is 1. The maximum atomic E-state index is 12.6. The lowest BCUT2D eigenvalue weighted by molar-refractivity contribution is -0.157. The van der Waals surface area contributed by atoms with E-state index in [1.807, 2.05) is 20.8 Å². The summed E-state index contributed by atoms with van der Waals surface area (Å²) in [5.41, 5.74) is -1.61. The van der Waals surface area contributed by atoms with E-state index in [9.17, 15) is 19.2 Å². The number of alkyl carbamates (subject to hydrolysis) is 1. The van der Waals surface area contributed by atoms with Crippen LogP contribution in [0.1, 0.15) is 77.6 Å². The summed E-state index contributed by atoms with van der Waals surface area (Å²) in [7, 11) is 0. The summed E-state index contributed by atoms with van der Waals surface area (Å²) in [6.45, 7) is 13.6. The molecule has 2 rings (SSSR count). The Morgan fingerprint density at radius 1 is 0.773 bits per heavy atom. The van der Waals surface area contributed by atoms with E-state index < -0.39 is 28.9 Å². The van der Waals surface area contributed by atoms with E-state index in [1.54, 1.807) is 32.9 Å². The molecule has 1 heterocycles. The van der Waals surface area contributed by atoms with Gasteiger partial charge in [0.15, 0.2) is 12.4 Å². The first-order chi connectivity index (χ1) is 20.7. The van der Waals surface area contributed by atoms with E-state index in [-0.39, 0.29) is 30.0 Å². The molecule has 246 valence electrons. The smallest absolute Gasteiger partial charge is 0.407 e. The van der Waals surface area contributed by atoms with Crippen molar-refractivity contribution < 1.29 is 47.2 Å². The minimum absolute atomic E-state index is 0.00392. The predicted octanol–water partition coefficient (Wildman–Crippen LogP) is 4.83. The van der Waals surface area contributed by atoms with Gasteiger partial charge in [-0.1, -0.05) is 0 Å². The van der Waals surface area contributed by atoms with Crippen LogP contribution in [-0.2, 0) is 28.5 Å². The van der Waals surface area contributed by atoms with Crippen molar-refractivity contribution in [1.29, 1.82) is 0 Å². The molecule has 0 aliphatic rings. The first kappa shape index (κ1) is 36.7. The lowest BCUT2D eigenvalue weighted by Gasteiger charge is -2.19. The van der Waals surface area contributed by atoms with Crippen molar-refractivity contribution in [3.05, 3.63) is 40.2 Å². The topological polar surface area (TPSA) is 149 Å². The Labute approximate surface area is 258 Å². The van der Waals surface area contributed by atoms with Gasteiger partial charge in [-0.05, 0) is 79.0 Å². The number of hydrogen-bond donors (Lipinski definition) is 1. The van der Waals surface area contributed by atoms with E-state index in [0.717, 1.165) is 0 Å². The summed E-state index contributed by atoms with van der Waals surface area (Å²) < 4.78 is 37.6. The van der Waals surface area contributed by atoms with Crippen LogP contribution in [0.5, 0.6) is 5.75 Å². The molecule has 0 unspecified atom stereocenters. The Balaban J connectivity index is 1.55. The summed E-state index contributed by atoms with van der Waals surface area (Å²) in [5.74, 6) is -0.472. The quantitative estimate of drug-likeness (QED) is 0.0995. The van der Waals surface area contributed by atoms with Gasteiger partial charge in [0, 0.05) is 37.6 Å². The van der Waals surface area contributed by atoms with Crippen LogP contribution in [0.25, 0.3) is 11.0 Å². The number of carbonyl (C=O) groups is 3. The first-order valence-corrected chi connectivity index (χ1v) is 14.9. The number of ketones is 1. The van der Waals surface area contributed by atoms with Crippen LogP contribution < -0.4 is 15.7 Å². The van der Waals surface area contributed by atoms with Gasteiger partial charge in [-0.25, -0.2) is 14.4 Å². The monoisotopic (exact) mass is 621 g/mol. The number of amides is 1. The van der Waals surface area contributed by atoms with E-state index in [4.69, 9.17) is 32.8 Å². The molecule has 1 aromatic heterocycles. The third-order valence-electron chi connectivity index (χ3n) is 5.60. The highest BCUT2D eigenvalue weighted by Gasteiger charge is 2.18. The SMILES string of the molecule is CC(C)(C)OC(=O)COc1ccc2cc(C(=O)CCCCOCCOCCOCCCNC(=O)OC(C)(C)C)c(=O)oc2c1. The van der Waals surface area contributed by atoms with Crippen molar-refractivity contribution in [3.8, 4) is 5.75 Å². The zero-order valence-corrected chi connectivity index (χ0v) is 26.8. The van der Waals surface area contributed by atoms with Crippen LogP contribution in [0.3, 0.4) is 0 Å². The number of unbranched alkanes of at least 4 members (excludes halogenated alkanes) is 1. The molecule has 12 nitrogen and oxygen atoms in total. The number of fused-ring (bicyclic) bond motifs is 1. The van der Waals surface area contributed by atoms with Crippen LogP contribution in [0.15, 0.2) is 33.5 Å². The fourth-order valence-corrected chi connectivity index (χ4v) is 3.73. The number of nitrogens with one attached hydrogen (secondary N) is 1. The third-order valence-corrected chi connectivity index (χ3v) is 5.60. The van der Waals surface area contributed by atoms with Crippen LogP contribution in [-0.4, -0.2) is 81.8 Å². The lowest BCUT2D eigenvalue weighted by Crippen LogP contribution is -2.33. The lowest BCUT2D eigenvalue weighted by atomic mass is 10.1. The average Bonchev–Trinajstić information content (AvgIpc) is 2.91. The summed E-state index contributed by atoms with van der Waals surface area (Å²) >= 11 is 0. The van der Waals surface area contributed by atoms with E-state index >= 15 is 0 Å². The average molecular weight is 622 g/mol. The molecule has 0 bridgehead atoms. The highest BCUT2D eigenvalue weighted by Crippen LogP contribution is 2.21. The molecule has 0 spiro atoms. The number of carbonyl (C=O) groups excluding carboxylic acids is 3. The molecule has 0 aliphatic heterocycles. The molecule has 1 amide bonds. The van der Waals surface area contributed by atoms with Crippen LogP contribution in [0.2, 0.25) is 0 Å². The van der Waals surface area contributed by atoms with Gasteiger partial charge in [0.05, 0.1) is 26.4 Å². The Bertz CT molecular complexity index is 1260. The number of hydrogen-bond acceptors (Lipinski definition) is 11. The second-order valence-corrected chi connectivity index (χ2v) is 12.0. The van der Waals surface area contributed by atoms with Gasteiger partial charge in [0.25, 0.3) is 0 Å². The molecule has 0 saturated heterocycles. The van der Waals surface area contributed by atoms with Crippen molar-refractivity contribution in [2.24, 2.45) is 0 Å². The molecule has 1 N–H and O–H groups in total. The van der Waals surface area contributed by atoms with Crippen molar-refractivity contribution >= 4 is 28.8 Å². The number of rotatable bonds is 19. The molecular formula is C32H47NO11. The maximum absolute atomic E-state index is 12.6. The normalized spacial score (nSPS) is 11.8. The van der Waals surface area contributed by atoms with Crippen molar-refractivity contribution in [2.45, 2.75) is 78.4 Å². The first-order valence-electron chi connectivity index (χ1n) is 14.9. The molecular weight excluding hydrogens is 574 g/mol. The molecule has 0 fully saturated rings. The standard InChI is InChI=1S/C32H47NO11/c1-31(2,3)43-28(35)22-41-24-12-11-23-20-25(29(36)42-27(23)21-24)26(34)10-7-8-14-38-16-18-40-19-17-39-15-9-13-33-30(37)44-32(4,5)6/h11-12,20-21H,7-10,13-19,22H2,1-6H3,(H,33,37). The van der Waals surface area contributed by atoms with Gasteiger partial charge in [-0.2, -0.15) is 0 Å². The van der Waals surface area contributed by atoms with Crippen LogP contribution in [0, 0.1) is 0 Å². The molecule has 0 saturated carbocycles. The fraction of sp³-hybridized carbons (Fsp3) is 0.625. The summed E-state index contributed by atoms with van der Waals surface area (Å²) in [5, 5.41) is 3.24. The van der Waals surface area contributed by atoms with Gasteiger partial charge < -0.3 is 38.2 Å². The zero-order chi connectivity index (χ0) is 32.6. The second-order valence-electron chi connectivity index (χ2n) is 12.0. The predicted molar refractivity (Wildman–Crippen MR) is 163 cm³/mol. The number of benzene rings is 1. The third kappa shape index (κ3) is 15.8. The molecule has 2 aromatic rings. The molecule has 0 radical (unpaired) electrons. The van der Waals surface area contributed by atoms with E-state index in [0.29, 0.717) is 76.6 Å². The minimum Gasteiger partial charge on any atom is -0.482 e. The summed E-state index contributed by atoms with van der Waals surface area (Å²) in [6, 6.07) is 6.30. The Hall–Kier alpha value is -3.48. The van der Waals surface area contributed by atoms with Gasteiger partial charge in [-0.15, -0.1) is 0 Å².